The molecule has 2 heterocycles. The lowest BCUT2D eigenvalue weighted by atomic mass is 9.96. The van der Waals surface area contributed by atoms with E-state index in [1.54, 1.807) is 0 Å². The van der Waals surface area contributed by atoms with E-state index in [4.69, 9.17) is 0 Å². The van der Waals surface area contributed by atoms with Crippen molar-refractivity contribution in [1.82, 2.24) is 20.0 Å². The Morgan fingerprint density at radius 1 is 0.735 bits per heavy atom. The summed E-state index contributed by atoms with van der Waals surface area (Å²) < 4.78 is 0. The van der Waals surface area contributed by atoms with Crippen molar-refractivity contribution >= 4 is 11.8 Å². The van der Waals surface area contributed by atoms with Gasteiger partial charge in [0.15, 0.2) is 0 Å². The van der Waals surface area contributed by atoms with Gasteiger partial charge >= 0.3 is 0 Å². The highest BCUT2D eigenvalue weighted by molar-refractivity contribution is 5.92. The summed E-state index contributed by atoms with van der Waals surface area (Å²) in [4.78, 5) is 32.6. The van der Waals surface area contributed by atoms with E-state index < -0.39 is 0 Å². The molecule has 2 aromatic carbocycles. The van der Waals surface area contributed by atoms with Gasteiger partial charge in [0.1, 0.15) is 0 Å². The molecule has 0 spiro atoms. The van der Waals surface area contributed by atoms with Crippen molar-refractivity contribution in [2.24, 2.45) is 11.8 Å². The fourth-order valence-electron chi connectivity index (χ4n) is 5.68. The van der Waals surface area contributed by atoms with Gasteiger partial charge in [0, 0.05) is 45.3 Å². The molecule has 6 heteroatoms. The molecule has 2 amide bonds. The topological polar surface area (TPSA) is 55.9 Å². The fourth-order valence-corrected chi connectivity index (χ4v) is 5.68. The summed E-state index contributed by atoms with van der Waals surface area (Å²) in [6.45, 7) is 4.73. The highest BCUT2D eigenvalue weighted by Gasteiger charge is 2.51. The van der Waals surface area contributed by atoms with Crippen molar-refractivity contribution in [1.29, 1.82) is 0 Å². The zero-order valence-electron chi connectivity index (χ0n) is 20.1. The highest BCUT2D eigenvalue weighted by Crippen LogP contribution is 2.42. The third kappa shape index (κ3) is 4.89. The summed E-state index contributed by atoms with van der Waals surface area (Å²) in [6.07, 6.45) is 2.72. The number of nitrogens with one attached hydrogen (secondary N) is 1. The van der Waals surface area contributed by atoms with Crippen LogP contribution < -0.4 is 5.32 Å². The molecule has 180 valence electrons. The van der Waals surface area contributed by atoms with E-state index in [0.717, 1.165) is 58.5 Å². The van der Waals surface area contributed by atoms with Gasteiger partial charge in [-0.05, 0) is 37.4 Å². The van der Waals surface area contributed by atoms with Gasteiger partial charge in [-0.2, -0.15) is 0 Å². The third-order valence-corrected chi connectivity index (χ3v) is 7.86. The summed E-state index contributed by atoms with van der Waals surface area (Å²) in [5.41, 5.74) is 2.56. The van der Waals surface area contributed by atoms with Crippen LogP contribution in [-0.2, 0) is 9.59 Å². The van der Waals surface area contributed by atoms with E-state index in [9.17, 15) is 9.59 Å². The number of likely N-dealkylation sites (tertiary alicyclic amines) is 1. The van der Waals surface area contributed by atoms with Crippen LogP contribution in [0, 0.1) is 11.8 Å². The molecule has 1 N–H and O–H groups in total. The number of rotatable bonds is 6. The van der Waals surface area contributed by atoms with Crippen LogP contribution in [0.3, 0.4) is 0 Å². The number of hydrogen-bond acceptors (Lipinski definition) is 4. The first kappa shape index (κ1) is 23.1. The van der Waals surface area contributed by atoms with Gasteiger partial charge in [0.05, 0.1) is 17.9 Å². The SMILES string of the molecule is CNC1CCN(C(=O)C2CC2C(=O)N2CCN(C(c3ccccc3)c3ccccc3)CC2)CC1. The average molecular weight is 461 g/mol. The average Bonchev–Trinajstić information content (AvgIpc) is 3.71. The molecule has 6 nitrogen and oxygen atoms in total. The fraction of sp³-hybridized carbons (Fsp3) is 0.500. The Kier molecular flexibility index (Phi) is 6.97. The van der Waals surface area contributed by atoms with Gasteiger partial charge in [-0.25, -0.2) is 0 Å². The predicted molar refractivity (Wildman–Crippen MR) is 133 cm³/mol. The summed E-state index contributed by atoms with van der Waals surface area (Å²) >= 11 is 0. The zero-order valence-corrected chi connectivity index (χ0v) is 20.1. The Balaban J connectivity index is 1.17. The summed E-state index contributed by atoms with van der Waals surface area (Å²) in [7, 11) is 1.99. The summed E-state index contributed by atoms with van der Waals surface area (Å²) in [5, 5.41) is 3.31. The van der Waals surface area contributed by atoms with Gasteiger partial charge < -0.3 is 15.1 Å². The number of carbonyl (C=O) groups excluding carboxylic acids is 2. The molecule has 2 aliphatic heterocycles. The number of nitrogens with zero attached hydrogens (tertiary/aromatic N) is 3. The molecule has 2 aromatic rings. The molecule has 3 aliphatic rings. The van der Waals surface area contributed by atoms with Crippen LogP contribution in [0.25, 0.3) is 0 Å². The van der Waals surface area contributed by atoms with Crippen molar-refractivity contribution in [3.05, 3.63) is 71.8 Å². The Morgan fingerprint density at radius 2 is 1.21 bits per heavy atom. The molecule has 0 aromatic heterocycles. The Hall–Kier alpha value is -2.70. The first-order valence-electron chi connectivity index (χ1n) is 12.7. The highest BCUT2D eigenvalue weighted by atomic mass is 16.2. The number of piperidine rings is 1. The largest absolute Gasteiger partial charge is 0.342 e. The number of benzene rings is 2. The van der Waals surface area contributed by atoms with E-state index in [2.05, 4.69) is 70.9 Å². The molecule has 2 saturated heterocycles. The second-order valence-electron chi connectivity index (χ2n) is 9.92. The van der Waals surface area contributed by atoms with Gasteiger partial charge in [-0.3, -0.25) is 14.5 Å². The molecule has 2 atom stereocenters. The Labute approximate surface area is 202 Å². The van der Waals surface area contributed by atoms with Crippen molar-refractivity contribution in [3.8, 4) is 0 Å². The predicted octanol–water partition coefficient (Wildman–Crippen LogP) is 2.77. The molecule has 3 fully saturated rings. The van der Waals surface area contributed by atoms with Crippen LogP contribution >= 0.6 is 0 Å². The van der Waals surface area contributed by atoms with Gasteiger partial charge in [0.2, 0.25) is 11.8 Å². The van der Waals surface area contributed by atoms with Gasteiger partial charge in [0.25, 0.3) is 0 Å². The number of carbonyl (C=O) groups is 2. The first-order chi connectivity index (χ1) is 16.7. The number of amides is 2. The van der Waals surface area contributed by atoms with Crippen LogP contribution in [-0.4, -0.2) is 78.9 Å². The maximum atomic E-state index is 13.2. The molecule has 2 unspecified atom stereocenters. The van der Waals surface area contributed by atoms with E-state index >= 15 is 0 Å². The monoisotopic (exact) mass is 460 g/mol. The minimum absolute atomic E-state index is 0.0990. The molecule has 0 radical (unpaired) electrons. The Bertz CT molecular complexity index is 927. The normalized spacial score (nSPS) is 23.8. The van der Waals surface area contributed by atoms with E-state index in [1.165, 1.54) is 11.1 Å². The number of hydrogen-bond donors (Lipinski definition) is 1. The van der Waals surface area contributed by atoms with E-state index in [1.807, 2.05) is 16.8 Å². The van der Waals surface area contributed by atoms with Crippen molar-refractivity contribution in [3.63, 3.8) is 0 Å². The van der Waals surface area contributed by atoms with Crippen LogP contribution in [0.1, 0.15) is 36.4 Å². The molecular formula is C28H36N4O2. The molecule has 1 saturated carbocycles. The van der Waals surface area contributed by atoms with Crippen molar-refractivity contribution in [2.45, 2.75) is 31.3 Å². The van der Waals surface area contributed by atoms with Crippen LogP contribution in [0.15, 0.2) is 60.7 Å². The maximum absolute atomic E-state index is 13.2. The van der Waals surface area contributed by atoms with Crippen LogP contribution in [0.4, 0.5) is 0 Å². The van der Waals surface area contributed by atoms with E-state index in [0.29, 0.717) is 6.04 Å². The molecule has 5 rings (SSSR count). The molecular weight excluding hydrogens is 424 g/mol. The zero-order chi connectivity index (χ0) is 23.5. The van der Waals surface area contributed by atoms with Crippen molar-refractivity contribution in [2.75, 3.05) is 46.3 Å². The van der Waals surface area contributed by atoms with Crippen molar-refractivity contribution < 1.29 is 9.59 Å². The number of piperazine rings is 1. The minimum atomic E-state index is -0.111. The summed E-state index contributed by atoms with van der Waals surface area (Å²) in [5.74, 6) is 0.164. The Morgan fingerprint density at radius 3 is 1.68 bits per heavy atom. The lowest BCUT2D eigenvalue weighted by Gasteiger charge is -2.40. The lowest BCUT2D eigenvalue weighted by molar-refractivity contribution is -0.139. The molecule has 1 aliphatic carbocycles. The molecule has 0 bridgehead atoms. The minimum Gasteiger partial charge on any atom is -0.342 e. The molecule has 34 heavy (non-hydrogen) atoms. The second kappa shape index (κ2) is 10.3. The quantitative estimate of drug-likeness (QED) is 0.720. The lowest BCUT2D eigenvalue weighted by Crippen LogP contribution is -2.50. The second-order valence-corrected chi connectivity index (χ2v) is 9.92. The summed E-state index contributed by atoms with van der Waals surface area (Å²) in [6, 6.07) is 21.9. The van der Waals surface area contributed by atoms with Gasteiger partial charge in [-0.1, -0.05) is 60.7 Å². The van der Waals surface area contributed by atoms with Gasteiger partial charge in [-0.15, -0.1) is 0 Å². The maximum Gasteiger partial charge on any atom is 0.226 e. The van der Waals surface area contributed by atoms with Crippen LogP contribution in [0.5, 0.6) is 0 Å². The first-order valence-corrected chi connectivity index (χ1v) is 12.7. The smallest absolute Gasteiger partial charge is 0.226 e. The third-order valence-electron chi connectivity index (χ3n) is 7.86. The van der Waals surface area contributed by atoms with E-state index in [-0.39, 0.29) is 29.7 Å². The standard InChI is InChI=1S/C28H36N4O2/c1-29-23-12-14-31(15-13-23)27(33)24-20-25(24)28(34)32-18-16-30(17-19-32)26(21-8-4-2-5-9-21)22-10-6-3-7-11-22/h2-11,23-26,29H,12-20H2,1H3. The van der Waals surface area contributed by atoms with Crippen LogP contribution in [0.2, 0.25) is 0 Å².